The first-order chi connectivity index (χ1) is 7.84. The zero-order chi connectivity index (χ0) is 13.1. The topological polar surface area (TPSA) is 29.3 Å². The van der Waals surface area contributed by atoms with Gasteiger partial charge in [0.25, 0.3) is 0 Å². The van der Waals surface area contributed by atoms with E-state index in [9.17, 15) is 0 Å². The summed E-state index contributed by atoms with van der Waals surface area (Å²) in [6.07, 6.45) is 0. The standard InChI is InChI=1S/C13H20BrClN2/c1-13(2,8-16)9-17(3)7-10-4-5-11(15)6-12(10)14/h4-6H,7-9,16H2,1-3H3. The average molecular weight is 320 g/mol. The smallest absolute Gasteiger partial charge is 0.0417 e. The van der Waals surface area contributed by atoms with Crippen LogP contribution in [0, 0.1) is 5.41 Å². The van der Waals surface area contributed by atoms with Gasteiger partial charge in [0.1, 0.15) is 0 Å². The van der Waals surface area contributed by atoms with Gasteiger partial charge < -0.3 is 10.6 Å². The molecule has 0 unspecified atom stereocenters. The van der Waals surface area contributed by atoms with E-state index < -0.39 is 0 Å². The fourth-order valence-electron chi connectivity index (χ4n) is 1.79. The van der Waals surface area contributed by atoms with Gasteiger partial charge in [-0.05, 0) is 36.7 Å². The normalized spacial score (nSPS) is 12.2. The monoisotopic (exact) mass is 318 g/mol. The number of halogens is 2. The number of rotatable bonds is 5. The maximum atomic E-state index is 5.92. The number of hydrogen-bond acceptors (Lipinski definition) is 2. The molecule has 1 aromatic carbocycles. The fourth-order valence-corrected chi connectivity index (χ4v) is 2.60. The predicted octanol–water partition coefficient (Wildman–Crippen LogP) is 3.52. The van der Waals surface area contributed by atoms with Crippen molar-refractivity contribution in [2.45, 2.75) is 20.4 Å². The summed E-state index contributed by atoms with van der Waals surface area (Å²) in [5.74, 6) is 0. The summed E-state index contributed by atoms with van der Waals surface area (Å²) in [5.41, 5.74) is 7.13. The Morgan fingerprint density at radius 3 is 2.59 bits per heavy atom. The third-order valence-corrected chi connectivity index (χ3v) is 3.68. The third-order valence-electron chi connectivity index (χ3n) is 2.71. The van der Waals surface area contributed by atoms with Crippen molar-refractivity contribution in [3.05, 3.63) is 33.3 Å². The highest BCUT2D eigenvalue weighted by atomic mass is 79.9. The third kappa shape index (κ3) is 4.96. The summed E-state index contributed by atoms with van der Waals surface area (Å²) < 4.78 is 1.06. The van der Waals surface area contributed by atoms with Gasteiger partial charge in [0.05, 0.1) is 0 Å². The lowest BCUT2D eigenvalue weighted by molar-refractivity contribution is 0.209. The first-order valence-corrected chi connectivity index (χ1v) is 6.84. The molecule has 96 valence electrons. The van der Waals surface area contributed by atoms with Crippen molar-refractivity contribution in [3.8, 4) is 0 Å². The summed E-state index contributed by atoms with van der Waals surface area (Å²) in [4.78, 5) is 2.28. The lowest BCUT2D eigenvalue weighted by Gasteiger charge is -2.29. The van der Waals surface area contributed by atoms with E-state index in [-0.39, 0.29) is 5.41 Å². The van der Waals surface area contributed by atoms with Gasteiger partial charge in [0.15, 0.2) is 0 Å². The van der Waals surface area contributed by atoms with Crippen molar-refractivity contribution in [1.82, 2.24) is 4.90 Å². The Morgan fingerprint density at radius 2 is 2.06 bits per heavy atom. The maximum Gasteiger partial charge on any atom is 0.0417 e. The molecule has 0 bridgehead atoms. The van der Waals surface area contributed by atoms with Gasteiger partial charge in [0, 0.05) is 22.6 Å². The van der Waals surface area contributed by atoms with Crippen LogP contribution in [0.5, 0.6) is 0 Å². The minimum atomic E-state index is 0.146. The van der Waals surface area contributed by atoms with Gasteiger partial charge >= 0.3 is 0 Å². The molecule has 0 amide bonds. The molecule has 0 saturated carbocycles. The minimum absolute atomic E-state index is 0.146. The summed E-state index contributed by atoms with van der Waals surface area (Å²) >= 11 is 9.46. The van der Waals surface area contributed by atoms with Gasteiger partial charge in [-0.25, -0.2) is 0 Å². The van der Waals surface area contributed by atoms with Crippen LogP contribution in [0.3, 0.4) is 0 Å². The molecule has 17 heavy (non-hydrogen) atoms. The van der Waals surface area contributed by atoms with Crippen molar-refractivity contribution < 1.29 is 0 Å². The maximum absolute atomic E-state index is 5.92. The molecule has 0 aliphatic rings. The highest BCUT2D eigenvalue weighted by molar-refractivity contribution is 9.10. The predicted molar refractivity (Wildman–Crippen MR) is 78.3 cm³/mol. The van der Waals surface area contributed by atoms with Crippen LogP contribution in [0.4, 0.5) is 0 Å². The van der Waals surface area contributed by atoms with Crippen LogP contribution in [-0.2, 0) is 6.54 Å². The Hall–Kier alpha value is -0.0900. The molecule has 0 atom stereocenters. The second-order valence-corrected chi connectivity index (χ2v) is 6.57. The number of nitrogens with zero attached hydrogens (tertiary/aromatic N) is 1. The Bertz CT molecular complexity index is 380. The van der Waals surface area contributed by atoms with Crippen LogP contribution in [0.15, 0.2) is 22.7 Å². The summed E-state index contributed by atoms with van der Waals surface area (Å²) in [6.45, 7) is 6.92. The number of nitrogens with two attached hydrogens (primary N) is 1. The second-order valence-electron chi connectivity index (χ2n) is 5.28. The van der Waals surface area contributed by atoms with Crippen LogP contribution >= 0.6 is 27.5 Å². The van der Waals surface area contributed by atoms with Gasteiger partial charge in [-0.15, -0.1) is 0 Å². The molecule has 0 spiro atoms. The molecule has 0 radical (unpaired) electrons. The molecule has 0 aromatic heterocycles. The molecule has 0 heterocycles. The Morgan fingerprint density at radius 1 is 1.41 bits per heavy atom. The molecule has 1 rings (SSSR count). The van der Waals surface area contributed by atoms with Crippen LogP contribution in [0.2, 0.25) is 5.02 Å². The molecular weight excluding hydrogens is 300 g/mol. The first-order valence-electron chi connectivity index (χ1n) is 5.66. The summed E-state index contributed by atoms with van der Waals surface area (Å²) in [7, 11) is 2.11. The van der Waals surface area contributed by atoms with E-state index in [1.807, 2.05) is 12.1 Å². The largest absolute Gasteiger partial charge is 0.330 e. The van der Waals surface area contributed by atoms with Crippen molar-refractivity contribution in [2.24, 2.45) is 11.1 Å². The molecule has 0 aliphatic carbocycles. The molecular formula is C13H20BrClN2. The number of hydrogen-bond donors (Lipinski definition) is 1. The van der Waals surface area contributed by atoms with Crippen LogP contribution in [0.25, 0.3) is 0 Å². The average Bonchev–Trinajstić information content (AvgIpc) is 2.21. The van der Waals surface area contributed by atoms with Crippen molar-refractivity contribution in [2.75, 3.05) is 20.1 Å². The van der Waals surface area contributed by atoms with E-state index in [1.165, 1.54) is 5.56 Å². The molecule has 4 heteroatoms. The van der Waals surface area contributed by atoms with Gasteiger partial charge in [0.2, 0.25) is 0 Å². The quantitative estimate of drug-likeness (QED) is 0.900. The van der Waals surface area contributed by atoms with E-state index >= 15 is 0 Å². The van der Waals surface area contributed by atoms with E-state index in [0.29, 0.717) is 6.54 Å². The van der Waals surface area contributed by atoms with Crippen LogP contribution in [-0.4, -0.2) is 25.0 Å². The van der Waals surface area contributed by atoms with Crippen molar-refractivity contribution in [3.63, 3.8) is 0 Å². The van der Waals surface area contributed by atoms with Crippen LogP contribution < -0.4 is 5.73 Å². The molecule has 1 aromatic rings. The SMILES string of the molecule is CN(Cc1ccc(Cl)cc1Br)CC(C)(C)CN. The van der Waals surface area contributed by atoms with Gasteiger partial charge in [-0.1, -0.05) is 47.4 Å². The van der Waals surface area contributed by atoms with E-state index in [1.54, 1.807) is 0 Å². The van der Waals surface area contributed by atoms with Crippen LogP contribution in [0.1, 0.15) is 19.4 Å². The van der Waals surface area contributed by atoms with E-state index in [4.69, 9.17) is 17.3 Å². The Labute approximate surface area is 117 Å². The van der Waals surface area contributed by atoms with E-state index in [2.05, 4.69) is 47.8 Å². The molecule has 2 nitrogen and oxygen atoms in total. The molecule has 0 fully saturated rings. The zero-order valence-electron chi connectivity index (χ0n) is 10.6. The second kappa shape index (κ2) is 6.19. The van der Waals surface area contributed by atoms with E-state index in [0.717, 1.165) is 22.6 Å². The van der Waals surface area contributed by atoms with Gasteiger partial charge in [-0.2, -0.15) is 0 Å². The lowest BCUT2D eigenvalue weighted by atomic mass is 9.93. The zero-order valence-corrected chi connectivity index (χ0v) is 13.0. The lowest BCUT2D eigenvalue weighted by Crippen LogP contribution is -2.36. The minimum Gasteiger partial charge on any atom is -0.330 e. The summed E-state index contributed by atoms with van der Waals surface area (Å²) in [5, 5.41) is 0.755. The van der Waals surface area contributed by atoms with Gasteiger partial charge in [-0.3, -0.25) is 0 Å². The fraction of sp³-hybridized carbons (Fsp3) is 0.538. The highest BCUT2D eigenvalue weighted by Crippen LogP contribution is 2.23. The Balaban J connectivity index is 2.65. The molecule has 0 saturated heterocycles. The number of benzene rings is 1. The van der Waals surface area contributed by atoms with Crippen molar-refractivity contribution in [1.29, 1.82) is 0 Å². The van der Waals surface area contributed by atoms with Crippen molar-refractivity contribution >= 4 is 27.5 Å². The first kappa shape index (κ1) is 15.0. The summed E-state index contributed by atoms with van der Waals surface area (Å²) in [6, 6.07) is 5.90. The Kier molecular flexibility index (Phi) is 5.45. The molecule has 2 N–H and O–H groups in total. The highest BCUT2D eigenvalue weighted by Gasteiger charge is 2.18. The molecule has 0 aliphatic heterocycles.